The highest BCUT2D eigenvalue weighted by atomic mass is 16.5. The Morgan fingerprint density at radius 3 is 2.27 bits per heavy atom. The van der Waals surface area contributed by atoms with E-state index in [0.29, 0.717) is 35.2 Å². The van der Waals surface area contributed by atoms with Gasteiger partial charge in [0.25, 0.3) is 0 Å². The Balaban J connectivity index is 1.70. The molecule has 3 rings (SSSR count). The second-order valence-electron chi connectivity index (χ2n) is 6.81. The number of nitrogens with zero attached hydrogens (tertiary/aromatic N) is 1. The van der Waals surface area contributed by atoms with E-state index in [-0.39, 0.29) is 24.8 Å². The molecule has 0 bridgehead atoms. The van der Waals surface area contributed by atoms with Gasteiger partial charge in [-0.05, 0) is 18.2 Å². The van der Waals surface area contributed by atoms with E-state index < -0.39 is 5.92 Å². The number of ether oxygens (including phenoxy) is 4. The summed E-state index contributed by atoms with van der Waals surface area (Å²) in [5.41, 5.74) is 1.41. The second kappa shape index (κ2) is 9.39. The van der Waals surface area contributed by atoms with Gasteiger partial charge in [0.1, 0.15) is 11.5 Å². The van der Waals surface area contributed by atoms with Gasteiger partial charge in [-0.25, -0.2) is 0 Å². The van der Waals surface area contributed by atoms with Gasteiger partial charge >= 0.3 is 0 Å². The van der Waals surface area contributed by atoms with E-state index in [0.717, 1.165) is 5.56 Å². The number of carbonyl (C=O) groups excluding carboxylic acids is 2. The van der Waals surface area contributed by atoms with Crippen molar-refractivity contribution in [2.24, 2.45) is 5.92 Å². The average Bonchev–Trinajstić information content (AvgIpc) is 3.18. The van der Waals surface area contributed by atoms with Crippen LogP contribution in [0, 0.1) is 5.92 Å². The van der Waals surface area contributed by atoms with E-state index in [1.807, 2.05) is 18.2 Å². The molecule has 1 heterocycles. The summed E-state index contributed by atoms with van der Waals surface area (Å²) < 4.78 is 21.3. The topological polar surface area (TPSA) is 86.3 Å². The maximum absolute atomic E-state index is 12.8. The molecular formula is C22H26N2O6. The smallest absolute Gasteiger partial charge is 0.227 e. The molecule has 1 N–H and O–H groups in total. The van der Waals surface area contributed by atoms with Crippen LogP contribution in [0.5, 0.6) is 23.0 Å². The molecule has 30 heavy (non-hydrogen) atoms. The van der Waals surface area contributed by atoms with Crippen LogP contribution in [-0.4, -0.2) is 46.8 Å². The first-order chi connectivity index (χ1) is 14.5. The first-order valence-corrected chi connectivity index (χ1v) is 9.52. The Kier molecular flexibility index (Phi) is 6.66. The molecule has 160 valence electrons. The Hall–Kier alpha value is -3.42. The van der Waals surface area contributed by atoms with Crippen molar-refractivity contribution in [2.75, 3.05) is 39.9 Å². The van der Waals surface area contributed by atoms with Gasteiger partial charge in [-0.15, -0.1) is 0 Å². The van der Waals surface area contributed by atoms with Crippen molar-refractivity contribution in [2.45, 2.75) is 13.0 Å². The van der Waals surface area contributed by atoms with E-state index in [1.165, 1.54) is 0 Å². The molecule has 2 amide bonds. The summed E-state index contributed by atoms with van der Waals surface area (Å²) in [6.07, 6.45) is 0.146. The lowest BCUT2D eigenvalue weighted by Gasteiger charge is -2.19. The Bertz CT molecular complexity index is 930. The van der Waals surface area contributed by atoms with Crippen LogP contribution in [0.2, 0.25) is 0 Å². The van der Waals surface area contributed by atoms with E-state index >= 15 is 0 Å². The predicted molar refractivity (Wildman–Crippen MR) is 111 cm³/mol. The molecular weight excluding hydrogens is 388 g/mol. The fourth-order valence-electron chi connectivity index (χ4n) is 3.53. The third-order valence-electron chi connectivity index (χ3n) is 5.11. The number of hydrogen-bond donors (Lipinski definition) is 1. The highest BCUT2D eigenvalue weighted by Crippen LogP contribution is 2.35. The summed E-state index contributed by atoms with van der Waals surface area (Å²) in [5, 5.41) is 2.90. The van der Waals surface area contributed by atoms with Gasteiger partial charge in [0.2, 0.25) is 11.8 Å². The van der Waals surface area contributed by atoms with Crippen molar-refractivity contribution < 1.29 is 28.5 Å². The van der Waals surface area contributed by atoms with Crippen molar-refractivity contribution in [3.8, 4) is 23.0 Å². The van der Waals surface area contributed by atoms with Gasteiger partial charge in [0.05, 0.1) is 40.0 Å². The van der Waals surface area contributed by atoms with Crippen LogP contribution >= 0.6 is 0 Å². The van der Waals surface area contributed by atoms with Crippen LogP contribution in [0.25, 0.3) is 0 Å². The molecule has 8 heteroatoms. The summed E-state index contributed by atoms with van der Waals surface area (Å²) in [5.74, 6) is 1.50. The van der Waals surface area contributed by atoms with E-state index in [2.05, 4.69) is 5.32 Å². The number of amides is 2. The monoisotopic (exact) mass is 414 g/mol. The van der Waals surface area contributed by atoms with Crippen molar-refractivity contribution in [1.82, 2.24) is 5.32 Å². The summed E-state index contributed by atoms with van der Waals surface area (Å²) in [6.45, 7) is 0.538. The summed E-state index contributed by atoms with van der Waals surface area (Å²) in [6, 6.07) is 10.7. The molecule has 0 aromatic heterocycles. The zero-order valence-corrected chi connectivity index (χ0v) is 17.6. The molecule has 0 radical (unpaired) electrons. The van der Waals surface area contributed by atoms with Crippen molar-refractivity contribution >= 4 is 17.5 Å². The van der Waals surface area contributed by atoms with Crippen molar-refractivity contribution in [3.05, 3.63) is 42.0 Å². The van der Waals surface area contributed by atoms with Gasteiger partial charge in [-0.3, -0.25) is 9.59 Å². The summed E-state index contributed by atoms with van der Waals surface area (Å²) in [7, 11) is 6.19. The molecule has 2 aromatic rings. The Morgan fingerprint density at radius 1 is 0.967 bits per heavy atom. The highest BCUT2D eigenvalue weighted by Gasteiger charge is 2.36. The van der Waals surface area contributed by atoms with Gasteiger partial charge in [0, 0.05) is 31.1 Å². The SMILES string of the molecule is COc1cc(OC)c(OC)cc1CNC(=O)C1CC(=O)N(c2ccccc2OC)C1. The lowest BCUT2D eigenvalue weighted by Crippen LogP contribution is -2.32. The number of anilines is 1. The molecule has 8 nitrogen and oxygen atoms in total. The maximum Gasteiger partial charge on any atom is 0.227 e. The van der Waals surface area contributed by atoms with Crippen LogP contribution in [0.1, 0.15) is 12.0 Å². The molecule has 1 unspecified atom stereocenters. The molecule has 1 atom stereocenters. The maximum atomic E-state index is 12.8. The fraction of sp³-hybridized carbons (Fsp3) is 0.364. The van der Waals surface area contributed by atoms with Gasteiger partial charge in [-0.2, -0.15) is 0 Å². The van der Waals surface area contributed by atoms with Crippen LogP contribution in [0.15, 0.2) is 36.4 Å². The highest BCUT2D eigenvalue weighted by molar-refractivity contribution is 6.01. The predicted octanol–water partition coefficient (Wildman–Crippen LogP) is 2.39. The molecule has 1 fully saturated rings. The van der Waals surface area contributed by atoms with Crippen LogP contribution in [0.3, 0.4) is 0 Å². The molecule has 2 aromatic carbocycles. The quantitative estimate of drug-likeness (QED) is 0.714. The third kappa shape index (κ3) is 4.27. The number of benzene rings is 2. The zero-order valence-electron chi connectivity index (χ0n) is 17.6. The average molecular weight is 414 g/mol. The van der Waals surface area contributed by atoms with Crippen LogP contribution in [0.4, 0.5) is 5.69 Å². The number of methoxy groups -OCH3 is 4. The van der Waals surface area contributed by atoms with Crippen LogP contribution in [-0.2, 0) is 16.1 Å². The Labute approximate surface area is 175 Å². The number of rotatable bonds is 8. The minimum Gasteiger partial charge on any atom is -0.496 e. The zero-order chi connectivity index (χ0) is 21.7. The third-order valence-corrected chi connectivity index (χ3v) is 5.11. The standard InChI is InChI=1S/C22H26N2O6/c1-27-17-8-6-5-7-16(17)24-13-15(10-21(24)25)22(26)23-12-14-9-19(29-3)20(30-4)11-18(14)28-2/h5-9,11,15H,10,12-13H2,1-4H3,(H,23,26). The minimum absolute atomic E-state index is 0.108. The van der Waals surface area contributed by atoms with Crippen LogP contribution < -0.4 is 29.2 Å². The number of hydrogen-bond acceptors (Lipinski definition) is 6. The molecule has 1 aliphatic rings. The molecule has 0 saturated carbocycles. The normalized spacial score (nSPS) is 15.7. The first-order valence-electron chi connectivity index (χ1n) is 9.52. The Morgan fingerprint density at radius 2 is 1.60 bits per heavy atom. The van der Waals surface area contributed by atoms with Gasteiger partial charge in [0.15, 0.2) is 11.5 Å². The van der Waals surface area contributed by atoms with Crippen molar-refractivity contribution in [3.63, 3.8) is 0 Å². The lowest BCUT2D eigenvalue weighted by molar-refractivity contribution is -0.126. The van der Waals surface area contributed by atoms with Gasteiger partial charge < -0.3 is 29.2 Å². The number of para-hydroxylation sites is 2. The molecule has 1 saturated heterocycles. The number of nitrogens with one attached hydrogen (secondary N) is 1. The minimum atomic E-state index is -0.450. The lowest BCUT2D eigenvalue weighted by atomic mass is 10.1. The number of carbonyl (C=O) groups is 2. The largest absolute Gasteiger partial charge is 0.496 e. The fourth-order valence-corrected chi connectivity index (χ4v) is 3.53. The van der Waals surface area contributed by atoms with E-state index in [4.69, 9.17) is 18.9 Å². The van der Waals surface area contributed by atoms with Crippen molar-refractivity contribution in [1.29, 1.82) is 0 Å². The molecule has 0 spiro atoms. The summed E-state index contributed by atoms with van der Waals surface area (Å²) in [4.78, 5) is 26.9. The molecule has 1 aliphatic heterocycles. The second-order valence-corrected chi connectivity index (χ2v) is 6.81. The van der Waals surface area contributed by atoms with E-state index in [1.54, 1.807) is 51.5 Å². The first kappa shape index (κ1) is 21.3. The van der Waals surface area contributed by atoms with E-state index in [9.17, 15) is 9.59 Å². The van der Waals surface area contributed by atoms with Gasteiger partial charge in [-0.1, -0.05) is 12.1 Å². The summed E-state index contributed by atoms with van der Waals surface area (Å²) >= 11 is 0. The molecule has 0 aliphatic carbocycles.